The monoisotopic (exact) mass is 332 g/mol. The first kappa shape index (κ1) is 15.9. The molecule has 1 N–H and O–H groups in total. The standard InChI is InChI=1S/C12H16N2O5S2/c1-12(2)11(17)13(3)6-7-14(12)21(18,19)9-5-4-8(20-9)10(15)16/h4-5H,6-7H2,1-3H3,(H,15,16). The zero-order valence-electron chi connectivity index (χ0n) is 11.9. The molecule has 0 saturated carbocycles. The van der Waals surface area contributed by atoms with Crippen molar-refractivity contribution in [2.24, 2.45) is 0 Å². The summed E-state index contributed by atoms with van der Waals surface area (Å²) in [7, 11) is -2.27. The van der Waals surface area contributed by atoms with Crippen molar-refractivity contribution in [2.45, 2.75) is 23.6 Å². The Labute approximate surface area is 126 Å². The van der Waals surface area contributed by atoms with Crippen LogP contribution in [0.1, 0.15) is 23.5 Å². The third-order valence-electron chi connectivity index (χ3n) is 3.47. The summed E-state index contributed by atoms with van der Waals surface area (Å²) in [4.78, 5) is 24.5. The van der Waals surface area contributed by atoms with Gasteiger partial charge in [-0.3, -0.25) is 4.79 Å². The number of hydrogen-bond acceptors (Lipinski definition) is 5. The van der Waals surface area contributed by atoms with Crippen LogP contribution in [-0.2, 0) is 14.8 Å². The van der Waals surface area contributed by atoms with Crippen molar-refractivity contribution in [1.29, 1.82) is 0 Å². The molecule has 1 aliphatic rings. The van der Waals surface area contributed by atoms with Crippen molar-refractivity contribution in [3.8, 4) is 0 Å². The Morgan fingerprint density at radius 1 is 1.33 bits per heavy atom. The van der Waals surface area contributed by atoms with Crippen molar-refractivity contribution in [3.63, 3.8) is 0 Å². The number of carbonyl (C=O) groups excluding carboxylic acids is 1. The van der Waals surface area contributed by atoms with Crippen LogP contribution in [0.2, 0.25) is 0 Å². The minimum atomic E-state index is -3.90. The molecule has 0 unspecified atom stereocenters. The lowest BCUT2D eigenvalue weighted by Gasteiger charge is -2.43. The number of sulfonamides is 1. The Bertz CT molecular complexity index is 692. The fourth-order valence-corrected chi connectivity index (χ4v) is 5.29. The molecule has 0 atom stereocenters. The highest BCUT2D eigenvalue weighted by Gasteiger charge is 2.47. The first-order valence-electron chi connectivity index (χ1n) is 6.20. The third kappa shape index (κ3) is 2.56. The molecule has 116 valence electrons. The summed E-state index contributed by atoms with van der Waals surface area (Å²) in [6.45, 7) is 3.58. The summed E-state index contributed by atoms with van der Waals surface area (Å²) in [5.74, 6) is -1.46. The Balaban J connectivity index is 2.43. The van der Waals surface area contributed by atoms with E-state index in [1.807, 2.05) is 0 Å². The number of aromatic carboxylic acids is 1. The summed E-state index contributed by atoms with van der Waals surface area (Å²) < 4.78 is 26.4. The number of amides is 1. The van der Waals surface area contributed by atoms with E-state index >= 15 is 0 Å². The van der Waals surface area contributed by atoms with E-state index in [9.17, 15) is 18.0 Å². The van der Waals surface area contributed by atoms with Crippen molar-refractivity contribution >= 4 is 33.2 Å². The molecule has 0 bridgehead atoms. The maximum Gasteiger partial charge on any atom is 0.345 e. The average Bonchev–Trinajstić information content (AvgIpc) is 2.86. The van der Waals surface area contributed by atoms with E-state index in [2.05, 4.69) is 0 Å². The second kappa shape index (κ2) is 5.08. The van der Waals surface area contributed by atoms with Crippen LogP contribution in [0.3, 0.4) is 0 Å². The van der Waals surface area contributed by atoms with Gasteiger partial charge in [-0.25, -0.2) is 13.2 Å². The topological polar surface area (TPSA) is 95.0 Å². The van der Waals surface area contributed by atoms with Gasteiger partial charge in [-0.1, -0.05) is 0 Å². The summed E-state index contributed by atoms with van der Waals surface area (Å²) >= 11 is 0.690. The average molecular weight is 332 g/mol. The van der Waals surface area contributed by atoms with Gasteiger partial charge in [0.25, 0.3) is 10.0 Å². The number of likely N-dealkylation sites (N-methyl/N-ethyl adjacent to an activating group) is 1. The van der Waals surface area contributed by atoms with Gasteiger partial charge in [0.1, 0.15) is 14.6 Å². The fraction of sp³-hybridized carbons (Fsp3) is 0.500. The van der Waals surface area contributed by atoms with Gasteiger partial charge < -0.3 is 10.0 Å². The first-order chi connectivity index (χ1) is 9.58. The van der Waals surface area contributed by atoms with Gasteiger partial charge in [-0.2, -0.15) is 4.31 Å². The van der Waals surface area contributed by atoms with Crippen molar-refractivity contribution in [1.82, 2.24) is 9.21 Å². The summed E-state index contributed by atoms with van der Waals surface area (Å²) in [5.41, 5.74) is -1.20. The molecule has 1 amide bonds. The van der Waals surface area contributed by atoms with E-state index in [0.717, 1.165) is 4.31 Å². The third-order valence-corrected chi connectivity index (χ3v) is 7.08. The normalized spacial score (nSPS) is 19.8. The number of thiophene rings is 1. The molecule has 1 aromatic rings. The van der Waals surface area contributed by atoms with E-state index in [-0.39, 0.29) is 21.5 Å². The predicted octanol–water partition coefficient (Wildman–Crippen LogP) is 0.688. The molecule has 0 aliphatic carbocycles. The molecule has 1 aliphatic heterocycles. The van der Waals surface area contributed by atoms with Crippen molar-refractivity contribution < 1.29 is 23.1 Å². The van der Waals surface area contributed by atoms with Crippen LogP contribution in [0.5, 0.6) is 0 Å². The van der Waals surface area contributed by atoms with E-state index in [4.69, 9.17) is 5.11 Å². The van der Waals surface area contributed by atoms with Crippen LogP contribution in [0.25, 0.3) is 0 Å². The summed E-state index contributed by atoms with van der Waals surface area (Å²) in [6, 6.07) is 2.52. The Hall–Kier alpha value is -1.45. The predicted molar refractivity (Wildman–Crippen MR) is 76.9 cm³/mol. The first-order valence-corrected chi connectivity index (χ1v) is 8.45. The van der Waals surface area contributed by atoms with Gasteiger partial charge in [0.2, 0.25) is 5.91 Å². The summed E-state index contributed by atoms with van der Waals surface area (Å²) in [6.07, 6.45) is 0. The number of carboxylic acids is 1. The number of carbonyl (C=O) groups is 2. The van der Waals surface area contributed by atoms with E-state index in [1.54, 1.807) is 20.9 Å². The van der Waals surface area contributed by atoms with Crippen molar-refractivity contribution in [2.75, 3.05) is 20.1 Å². The molecular formula is C12H16N2O5S2. The van der Waals surface area contributed by atoms with E-state index in [1.165, 1.54) is 17.0 Å². The Morgan fingerprint density at radius 3 is 2.48 bits per heavy atom. The highest BCUT2D eigenvalue weighted by Crippen LogP contribution is 2.32. The van der Waals surface area contributed by atoms with Crippen molar-refractivity contribution in [3.05, 3.63) is 17.0 Å². The molecule has 1 fully saturated rings. The second-order valence-electron chi connectivity index (χ2n) is 5.29. The van der Waals surface area contributed by atoms with Crippen LogP contribution in [0, 0.1) is 0 Å². The lowest BCUT2D eigenvalue weighted by atomic mass is 10.0. The van der Waals surface area contributed by atoms with Crippen LogP contribution in [0.4, 0.5) is 0 Å². The molecule has 7 nitrogen and oxygen atoms in total. The maximum absolute atomic E-state index is 12.7. The molecular weight excluding hydrogens is 316 g/mol. The van der Waals surface area contributed by atoms with Gasteiger partial charge in [-0.15, -0.1) is 11.3 Å². The molecule has 0 spiro atoms. The number of piperazine rings is 1. The quantitative estimate of drug-likeness (QED) is 0.878. The van der Waals surface area contributed by atoms with Crippen LogP contribution >= 0.6 is 11.3 Å². The van der Waals surface area contributed by atoms with Gasteiger partial charge >= 0.3 is 5.97 Å². The second-order valence-corrected chi connectivity index (χ2v) is 8.46. The fourth-order valence-electron chi connectivity index (χ4n) is 2.30. The Kier molecular flexibility index (Phi) is 3.85. The molecule has 1 saturated heterocycles. The number of nitrogens with zero attached hydrogens (tertiary/aromatic N) is 2. The molecule has 2 heterocycles. The lowest BCUT2D eigenvalue weighted by molar-refractivity contribution is -0.142. The highest BCUT2D eigenvalue weighted by molar-refractivity contribution is 7.91. The molecule has 0 aromatic carbocycles. The molecule has 0 radical (unpaired) electrons. The lowest BCUT2D eigenvalue weighted by Crippen LogP contribution is -2.63. The van der Waals surface area contributed by atoms with Gasteiger partial charge in [0.05, 0.1) is 0 Å². The molecule has 9 heteroatoms. The zero-order valence-corrected chi connectivity index (χ0v) is 13.5. The van der Waals surface area contributed by atoms with Crippen LogP contribution in [0.15, 0.2) is 16.3 Å². The van der Waals surface area contributed by atoms with E-state index < -0.39 is 21.5 Å². The largest absolute Gasteiger partial charge is 0.477 e. The molecule has 21 heavy (non-hydrogen) atoms. The SMILES string of the molecule is CN1CCN(S(=O)(=O)c2ccc(C(=O)O)s2)C(C)(C)C1=O. The number of hydrogen-bond donors (Lipinski definition) is 1. The smallest absolute Gasteiger partial charge is 0.345 e. The number of rotatable bonds is 3. The molecule has 2 rings (SSSR count). The minimum absolute atomic E-state index is 0.0492. The molecule has 1 aromatic heterocycles. The number of carboxylic acid groups (broad SMARTS) is 1. The highest BCUT2D eigenvalue weighted by atomic mass is 32.2. The van der Waals surface area contributed by atoms with E-state index in [0.29, 0.717) is 17.9 Å². The van der Waals surface area contributed by atoms with Gasteiger partial charge in [0.15, 0.2) is 0 Å². The summed E-state index contributed by atoms with van der Waals surface area (Å²) in [5, 5.41) is 8.89. The Morgan fingerprint density at radius 2 is 1.95 bits per heavy atom. The maximum atomic E-state index is 12.7. The van der Waals surface area contributed by atoms with Gasteiger partial charge in [-0.05, 0) is 26.0 Å². The zero-order chi connectivity index (χ0) is 16.0. The minimum Gasteiger partial charge on any atom is -0.477 e. The van der Waals surface area contributed by atoms with Crippen LogP contribution in [-0.4, -0.2) is 60.3 Å². The van der Waals surface area contributed by atoms with Gasteiger partial charge in [0, 0.05) is 20.1 Å². The van der Waals surface area contributed by atoms with Crippen LogP contribution < -0.4 is 0 Å².